The molecule has 3 aromatic heterocycles. The van der Waals surface area contributed by atoms with E-state index in [2.05, 4.69) is 10.1 Å². The van der Waals surface area contributed by atoms with Crippen LogP contribution in [0.4, 0.5) is 0 Å². The van der Waals surface area contributed by atoms with Gasteiger partial charge in [0, 0.05) is 18.5 Å². The lowest BCUT2D eigenvalue weighted by atomic mass is 10.4. The van der Waals surface area contributed by atoms with E-state index in [0.717, 1.165) is 11.1 Å². The van der Waals surface area contributed by atoms with Gasteiger partial charge in [0.25, 0.3) is 0 Å². The zero-order chi connectivity index (χ0) is 11.1. The molecule has 0 aliphatic carbocycles. The van der Waals surface area contributed by atoms with Crippen LogP contribution < -0.4 is 0 Å². The first-order valence-corrected chi connectivity index (χ1v) is 5.17. The van der Waals surface area contributed by atoms with Gasteiger partial charge in [-0.15, -0.1) is 0 Å². The van der Waals surface area contributed by atoms with Crippen molar-refractivity contribution < 1.29 is 4.42 Å². The van der Waals surface area contributed by atoms with Crippen molar-refractivity contribution in [2.75, 3.05) is 0 Å². The summed E-state index contributed by atoms with van der Waals surface area (Å²) in [5.74, 6) is 0.615. The van der Waals surface area contributed by atoms with Crippen LogP contribution in [-0.4, -0.2) is 14.8 Å². The number of aryl methyl sites for hydroxylation is 1. The summed E-state index contributed by atoms with van der Waals surface area (Å²) in [6.45, 7) is 1.97. The third-order valence-electron chi connectivity index (χ3n) is 2.29. The summed E-state index contributed by atoms with van der Waals surface area (Å²) >= 11 is 6.00. The molecule has 0 N–H and O–H groups in total. The number of pyridine rings is 1. The van der Waals surface area contributed by atoms with Crippen molar-refractivity contribution >= 4 is 22.7 Å². The van der Waals surface area contributed by atoms with Crippen LogP contribution in [-0.2, 0) is 0 Å². The third-order valence-corrected chi connectivity index (χ3v) is 2.59. The van der Waals surface area contributed by atoms with E-state index in [1.54, 1.807) is 23.1 Å². The zero-order valence-electron chi connectivity index (χ0n) is 8.51. The summed E-state index contributed by atoms with van der Waals surface area (Å²) in [7, 11) is 0. The average Bonchev–Trinajstić information content (AvgIpc) is 2.84. The van der Waals surface area contributed by atoms with Crippen molar-refractivity contribution in [3.8, 4) is 5.88 Å². The number of hydrogen-bond acceptors (Lipinski definition) is 3. The minimum absolute atomic E-state index is 0.556. The quantitative estimate of drug-likeness (QED) is 0.649. The Morgan fingerprint density at radius 3 is 3.00 bits per heavy atom. The maximum atomic E-state index is 6.00. The van der Waals surface area contributed by atoms with Gasteiger partial charge in [0.1, 0.15) is 5.52 Å². The second-order valence-electron chi connectivity index (χ2n) is 3.55. The molecule has 0 aliphatic heterocycles. The molecule has 4 nitrogen and oxygen atoms in total. The lowest BCUT2D eigenvalue weighted by molar-refractivity contribution is 0.559. The fourth-order valence-electron chi connectivity index (χ4n) is 1.54. The lowest BCUT2D eigenvalue weighted by Gasteiger charge is -1.92. The van der Waals surface area contributed by atoms with E-state index in [-0.39, 0.29) is 0 Å². The zero-order valence-corrected chi connectivity index (χ0v) is 9.27. The topological polar surface area (TPSA) is 43.9 Å². The van der Waals surface area contributed by atoms with E-state index in [1.807, 2.05) is 19.2 Å². The fraction of sp³-hybridized carbons (Fsp3) is 0.0909. The minimum Gasteiger partial charge on any atom is -0.435 e. The molecule has 0 aliphatic rings. The number of halogens is 1. The Hall–Kier alpha value is -1.81. The van der Waals surface area contributed by atoms with Crippen molar-refractivity contribution in [3.05, 3.63) is 41.3 Å². The van der Waals surface area contributed by atoms with Gasteiger partial charge < -0.3 is 4.42 Å². The molecule has 3 aromatic rings. The van der Waals surface area contributed by atoms with Gasteiger partial charge in [-0.3, -0.25) is 4.98 Å². The maximum Gasteiger partial charge on any atom is 0.222 e. The molecule has 5 heteroatoms. The molecule has 3 rings (SSSR count). The van der Waals surface area contributed by atoms with Crippen molar-refractivity contribution in [3.63, 3.8) is 0 Å². The van der Waals surface area contributed by atoms with E-state index >= 15 is 0 Å². The smallest absolute Gasteiger partial charge is 0.222 e. The SMILES string of the molecule is Cc1cnn(-c2cc3nccc(Cl)c3o2)c1. The molecule has 0 unspecified atom stereocenters. The highest BCUT2D eigenvalue weighted by Gasteiger charge is 2.09. The van der Waals surface area contributed by atoms with Gasteiger partial charge in [-0.2, -0.15) is 5.10 Å². The van der Waals surface area contributed by atoms with Crippen LogP contribution in [0.15, 0.2) is 35.1 Å². The van der Waals surface area contributed by atoms with Gasteiger partial charge in [0.15, 0.2) is 5.58 Å². The molecule has 0 saturated heterocycles. The maximum absolute atomic E-state index is 6.00. The third kappa shape index (κ3) is 1.39. The van der Waals surface area contributed by atoms with Crippen molar-refractivity contribution in [1.82, 2.24) is 14.8 Å². The molecule has 0 fully saturated rings. The number of rotatable bonds is 1. The van der Waals surface area contributed by atoms with Gasteiger partial charge in [0.05, 0.1) is 11.2 Å². The molecule has 0 saturated carbocycles. The van der Waals surface area contributed by atoms with Gasteiger partial charge in [-0.1, -0.05) is 11.6 Å². The standard InChI is InChI=1S/C11H8ClN3O/c1-7-5-14-15(6-7)10-4-9-11(16-10)8(12)2-3-13-9/h2-6H,1H3. The van der Waals surface area contributed by atoms with E-state index in [1.165, 1.54) is 0 Å². The lowest BCUT2D eigenvalue weighted by Crippen LogP contribution is -1.90. The molecule has 0 bridgehead atoms. The van der Waals surface area contributed by atoms with Crippen LogP contribution in [0.1, 0.15) is 5.56 Å². The van der Waals surface area contributed by atoms with Crippen molar-refractivity contribution in [1.29, 1.82) is 0 Å². The van der Waals surface area contributed by atoms with E-state index < -0.39 is 0 Å². The highest BCUT2D eigenvalue weighted by molar-refractivity contribution is 6.34. The first-order chi connectivity index (χ1) is 7.74. The van der Waals surface area contributed by atoms with Crippen molar-refractivity contribution in [2.45, 2.75) is 6.92 Å². The Bertz CT molecular complexity index is 656. The molecular weight excluding hydrogens is 226 g/mol. The molecule has 0 radical (unpaired) electrons. The normalized spacial score (nSPS) is 11.1. The molecule has 0 atom stereocenters. The number of nitrogens with zero attached hydrogens (tertiary/aromatic N) is 3. The minimum atomic E-state index is 0.556. The largest absolute Gasteiger partial charge is 0.435 e. The molecule has 3 heterocycles. The van der Waals surface area contributed by atoms with E-state index in [9.17, 15) is 0 Å². The summed E-state index contributed by atoms with van der Waals surface area (Å²) < 4.78 is 7.26. The Balaban J connectivity index is 2.22. The van der Waals surface area contributed by atoms with E-state index in [4.69, 9.17) is 16.0 Å². The molecule has 80 valence electrons. The van der Waals surface area contributed by atoms with E-state index in [0.29, 0.717) is 16.5 Å². The molecule has 0 amide bonds. The Morgan fingerprint density at radius 2 is 2.31 bits per heavy atom. The summed E-state index contributed by atoms with van der Waals surface area (Å²) in [5, 5.41) is 4.72. The number of fused-ring (bicyclic) bond motifs is 1. The second-order valence-corrected chi connectivity index (χ2v) is 3.96. The monoisotopic (exact) mass is 233 g/mol. The highest BCUT2D eigenvalue weighted by Crippen LogP contribution is 2.26. The Labute approximate surface area is 96.5 Å². The predicted molar refractivity (Wildman–Crippen MR) is 60.9 cm³/mol. The van der Waals surface area contributed by atoms with Gasteiger partial charge in [-0.25, -0.2) is 4.68 Å². The second kappa shape index (κ2) is 3.35. The average molecular weight is 234 g/mol. The summed E-state index contributed by atoms with van der Waals surface area (Å²) in [6, 6.07) is 3.51. The molecule has 0 aromatic carbocycles. The van der Waals surface area contributed by atoms with Gasteiger partial charge in [0.2, 0.25) is 5.88 Å². The molecule has 0 spiro atoms. The molecule has 16 heavy (non-hydrogen) atoms. The Morgan fingerprint density at radius 1 is 1.44 bits per heavy atom. The van der Waals surface area contributed by atoms with Crippen LogP contribution in [0.2, 0.25) is 5.02 Å². The number of furan rings is 1. The van der Waals surface area contributed by atoms with Crippen LogP contribution in [0.5, 0.6) is 0 Å². The van der Waals surface area contributed by atoms with Crippen LogP contribution in [0, 0.1) is 6.92 Å². The summed E-state index contributed by atoms with van der Waals surface area (Å²) in [6.07, 6.45) is 5.30. The number of hydrogen-bond donors (Lipinski definition) is 0. The summed E-state index contributed by atoms with van der Waals surface area (Å²) in [4.78, 5) is 4.18. The highest BCUT2D eigenvalue weighted by atomic mass is 35.5. The van der Waals surface area contributed by atoms with Gasteiger partial charge >= 0.3 is 0 Å². The Kier molecular flexibility index (Phi) is 1.97. The summed E-state index contributed by atoms with van der Waals surface area (Å²) in [5.41, 5.74) is 2.39. The van der Waals surface area contributed by atoms with Crippen molar-refractivity contribution in [2.24, 2.45) is 0 Å². The first-order valence-electron chi connectivity index (χ1n) is 4.80. The molecular formula is C11H8ClN3O. The number of aromatic nitrogens is 3. The van der Waals surface area contributed by atoms with Gasteiger partial charge in [-0.05, 0) is 18.6 Å². The van der Waals surface area contributed by atoms with Crippen LogP contribution in [0.3, 0.4) is 0 Å². The van der Waals surface area contributed by atoms with Crippen LogP contribution in [0.25, 0.3) is 17.0 Å². The first kappa shape index (κ1) is 9.42. The predicted octanol–water partition coefficient (Wildman–Crippen LogP) is 2.98. The van der Waals surface area contributed by atoms with Crippen LogP contribution >= 0.6 is 11.6 Å². The fourth-order valence-corrected chi connectivity index (χ4v) is 1.73.